The van der Waals surface area contributed by atoms with Crippen LogP contribution in [0.2, 0.25) is 0 Å². The molecule has 6 heteroatoms. The molecule has 98 heavy (non-hydrogen) atoms. The lowest BCUT2D eigenvalue weighted by molar-refractivity contribution is 1.18. The van der Waals surface area contributed by atoms with Gasteiger partial charge in [-0.05, 0) is 213 Å². The first-order valence-electron chi connectivity index (χ1n) is 33.3. The van der Waals surface area contributed by atoms with Crippen LogP contribution < -0.4 is 9.80 Å². The van der Waals surface area contributed by atoms with Crippen LogP contribution in [0.3, 0.4) is 0 Å². The van der Waals surface area contributed by atoms with Gasteiger partial charge in [-0.15, -0.1) is 22.7 Å². The Kier molecular flexibility index (Phi) is 14.9. The van der Waals surface area contributed by atoms with Crippen molar-refractivity contribution in [3.63, 3.8) is 0 Å². The van der Waals surface area contributed by atoms with Gasteiger partial charge in [0.05, 0.1) is 22.1 Å². The number of rotatable bonds is 15. The Morgan fingerprint density at radius 2 is 0.408 bits per heavy atom. The van der Waals surface area contributed by atoms with Crippen LogP contribution in [0.4, 0.5) is 34.1 Å². The maximum atomic E-state index is 2.38. The molecule has 4 heterocycles. The molecule has 18 aromatic rings. The molecule has 0 fully saturated rings. The molecular formula is C92H62N4S2. The number of hydrogen-bond donors (Lipinski definition) is 0. The monoisotopic (exact) mass is 1290 g/mol. The fourth-order valence-corrected chi connectivity index (χ4v) is 16.2. The zero-order chi connectivity index (χ0) is 64.9. The van der Waals surface area contributed by atoms with Gasteiger partial charge in [0.1, 0.15) is 0 Å². The van der Waals surface area contributed by atoms with Crippen LogP contribution in [0, 0.1) is 0 Å². The number of hydrogen-bond acceptors (Lipinski definition) is 4. The van der Waals surface area contributed by atoms with Gasteiger partial charge in [0.2, 0.25) is 0 Å². The van der Waals surface area contributed by atoms with E-state index in [4.69, 9.17) is 0 Å². The summed E-state index contributed by atoms with van der Waals surface area (Å²) in [6.07, 6.45) is 0. The molecule has 0 amide bonds. The van der Waals surface area contributed by atoms with E-state index in [0.29, 0.717) is 0 Å². The third kappa shape index (κ3) is 10.8. The largest absolute Gasteiger partial charge is 0.311 e. The van der Waals surface area contributed by atoms with Gasteiger partial charge in [-0.1, -0.05) is 218 Å². The Hall–Kier alpha value is -12.3. The van der Waals surface area contributed by atoms with E-state index in [1.165, 1.54) is 96.5 Å². The minimum absolute atomic E-state index is 1.06. The molecule has 0 spiro atoms. The standard InChI is InChI=1S/C92H62N4S2/c1-5-17-67(18-6-1)89-57-59-91(97-89)69-37-51-79(52-38-69)94(80-53-39-70(40-54-80)92-60-58-90(98-92)68-19-7-2-8-20-68)76-45-31-64(32-46-76)63-29-43-75(44-30-63)93(77-47-33-65(34-48-77)71-41-55-87-83(61-71)81-25-13-15-27-85(81)95(87)73-21-9-3-10-22-73)78-49-35-66(36-50-78)72-42-56-88-84(62-72)82-26-14-16-28-86(82)96(88)74-23-11-4-12-24-74/h1-62H. The number of nitrogens with zero attached hydrogens (tertiary/aromatic N) is 4. The van der Waals surface area contributed by atoms with Gasteiger partial charge in [-0.2, -0.15) is 0 Å². The normalized spacial score (nSPS) is 11.5. The van der Waals surface area contributed by atoms with Crippen molar-refractivity contribution >= 4 is 100 Å². The van der Waals surface area contributed by atoms with Gasteiger partial charge < -0.3 is 18.9 Å². The summed E-state index contributed by atoms with van der Waals surface area (Å²) in [5.74, 6) is 0. The van der Waals surface area contributed by atoms with Crippen LogP contribution in [0.15, 0.2) is 376 Å². The number of thiophene rings is 2. The quantitative estimate of drug-likeness (QED) is 0.102. The fraction of sp³-hybridized carbons (Fsp3) is 0. The van der Waals surface area contributed by atoms with Crippen LogP contribution >= 0.6 is 22.7 Å². The van der Waals surface area contributed by atoms with Crippen molar-refractivity contribution in [2.24, 2.45) is 0 Å². The summed E-state index contributed by atoms with van der Waals surface area (Å²) in [5.41, 5.74) is 25.3. The lowest BCUT2D eigenvalue weighted by atomic mass is 10.0. The Balaban J connectivity index is 0.678. The number of aromatic nitrogens is 2. The lowest BCUT2D eigenvalue weighted by Crippen LogP contribution is -2.10. The van der Waals surface area contributed by atoms with E-state index >= 15 is 0 Å². The van der Waals surface area contributed by atoms with Crippen LogP contribution in [0.1, 0.15) is 0 Å². The van der Waals surface area contributed by atoms with E-state index < -0.39 is 0 Å². The first-order valence-corrected chi connectivity index (χ1v) is 34.9. The molecule has 0 saturated heterocycles. The molecule has 0 bridgehead atoms. The van der Waals surface area contributed by atoms with Gasteiger partial charge >= 0.3 is 0 Å². The molecule has 0 radical (unpaired) electrons. The Morgan fingerprint density at radius 3 is 0.724 bits per heavy atom. The number of anilines is 6. The Morgan fingerprint density at radius 1 is 0.173 bits per heavy atom. The highest BCUT2D eigenvalue weighted by atomic mass is 32.1. The van der Waals surface area contributed by atoms with Gasteiger partial charge in [-0.25, -0.2) is 0 Å². The SMILES string of the molecule is c1ccc(-c2ccc(-c3ccc(N(c4ccc(-c5ccc(N(c6ccc(-c7ccc8c(c7)c7ccccc7n8-c7ccccc7)cc6)c6ccc(-c7ccc8c(c7)c7ccccc7n8-c7ccccc7)cc6)cc5)cc4)c4ccc(-c5ccc(-c6ccccc6)s5)cc4)cc3)s2)cc1. The predicted octanol–water partition coefficient (Wildman–Crippen LogP) is 26.6. The second kappa shape index (κ2) is 25.1. The molecule has 4 aromatic heterocycles. The average Bonchev–Trinajstić information content (AvgIpc) is 1.58. The minimum Gasteiger partial charge on any atom is -0.311 e. The zero-order valence-corrected chi connectivity index (χ0v) is 55.0. The van der Waals surface area contributed by atoms with E-state index in [1.54, 1.807) is 0 Å². The summed E-state index contributed by atoms with van der Waals surface area (Å²) < 4.78 is 4.75. The van der Waals surface area contributed by atoms with Crippen molar-refractivity contribution < 1.29 is 0 Å². The summed E-state index contributed by atoms with van der Waals surface area (Å²) in [7, 11) is 0. The molecule has 0 atom stereocenters. The summed E-state index contributed by atoms with van der Waals surface area (Å²) in [6, 6.07) is 137. The highest BCUT2D eigenvalue weighted by Crippen LogP contribution is 2.45. The number of fused-ring (bicyclic) bond motifs is 6. The van der Waals surface area contributed by atoms with E-state index in [2.05, 4.69) is 395 Å². The van der Waals surface area contributed by atoms with Gasteiger partial charge in [-0.3, -0.25) is 0 Å². The maximum Gasteiger partial charge on any atom is 0.0541 e. The second-order valence-corrected chi connectivity index (χ2v) is 27.0. The third-order valence-corrected chi connectivity index (χ3v) is 21.4. The number of para-hydroxylation sites is 4. The topological polar surface area (TPSA) is 16.3 Å². The molecule has 0 aliphatic rings. The van der Waals surface area contributed by atoms with Crippen molar-refractivity contribution in [1.29, 1.82) is 0 Å². The first-order chi connectivity index (χ1) is 48.6. The van der Waals surface area contributed by atoms with Crippen LogP contribution in [0.5, 0.6) is 0 Å². The highest BCUT2D eigenvalue weighted by Gasteiger charge is 2.20. The third-order valence-electron chi connectivity index (χ3n) is 19.0. The molecule has 14 aromatic carbocycles. The van der Waals surface area contributed by atoms with Gasteiger partial charge in [0.15, 0.2) is 0 Å². The molecule has 4 nitrogen and oxygen atoms in total. The first kappa shape index (κ1) is 58.3. The van der Waals surface area contributed by atoms with Crippen molar-refractivity contribution in [3.05, 3.63) is 376 Å². The molecule has 0 unspecified atom stereocenters. The molecular weight excluding hydrogens is 1230 g/mol. The van der Waals surface area contributed by atoms with Gasteiger partial charge in [0, 0.05) is 86.6 Å². The van der Waals surface area contributed by atoms with Crippen molar-refractivity contribution in [3.8, 4) is 86.5 Å². The van der Waals surface area contributed by atoms with Crippen molar-refractivity contribution in [2.75, 3.05) is 9.80 Å². The summed E-state index contributed by atoms with van der Waals surface area (Å²) in [5, 5.41) is 4.94. The predicted molar refractivity (Wildman–Crippen MR) is 418 cm³/mol. The fourth-order valence-electron chi connectivity index (χ4n) is 14.2. The summed E-state index contributed by atoms with van der Waals surface area (Å²) >= 11 is 3.66. The highest BCUT2D eigenvalue weighted by molar-refractivity contribution is 7.19. The summed E-state index contributed by atoms with van der Waals surface area (Å²) in [4.78, 5) is 9.77. The van der Waals surface area contributed by atoms with E-state index in [9.17, 15) is 0 Å². The van der Waals surface area contributed by atoms with Crippen molar-refractivity contribution in [2.45, 2.75) is 0 Å². The maximum absolute atomic E-state index is 2.38. The Labute approximate surface area is 578 Å². The van der Waals surface area contributed by atoms with Gasteiger partial charge in [0.25, 0.3) is 0 Å². The number of benzene rings is 14. The molecule has 0 N–H and O–H groups in total. The van der Waals surface area contributed by atoms with Crippen LogP contribution in [-0.2, 0) is 0 Å². The van der Waals surface area contributed by atoms with E-state index in [-0.39, 0.29) is 0 Å². The lowest BCUT2D eigenvalue weighted by Gasteiger charge is -2.27. The Bertz CT molecular complexity index is 5540. The minimum atomic E-state index is 1.06. The average molecular weight is 1290 g/mol. The van der Waals surface area contributed by atoms with Crippen LogP contribution in [-0.4, -0.2) is 9.13 Å². The second-order valence-electron chi connectivity index (χ2n) is 24.9. The van der Waals surface area contributed by atoms with Crippen LogP contribution in [0.25, 0.3) is 130 Å². The van der Waals surface area contributed by atoms with E-state index in [1.807, 2.05) is 22.7 Å². The molecule has 462 valence electrons. The smallest absolute Gasteiger partial charge is 0.0541 e. The van der Waals surface area contributed by atoms with E-state index in [0.717, 1.165) is 67.8 Å². The molecule has 18 rings (SSSR count). The van der Waals surface area contributed by atoms with Crippen molar-refractivity contribution in [1.82, 2.24) is 9.13 Å². The molecule has 0 aliphatic carbocycles. The summed E-state index contributed by atoms with van der Waals surface area (Å²) in [6.45, 7) is 0. The molecule has 0 saturated carbocycles. The molecule has 0 aliphatic heterocycles. The zero-order valence-electron chi connectivity index (χ0n) is 53.4.